The number of aromatic nitrogens is 1. The van der Waals surface area contributed by atoms with Crippen LogP contribution in [0, 0.1) is 13.8 Å². The number of hydrogen-bond donors (Lipinski definition) is 0. The van der Waals surface area contributed by atoms with E-state index in [1.807, 2.05) is 19.9 Å². The molecule has 0 saturated carbocycles. The Morgan fingerprint density at radius 3 is 2.73 bits per heavy atom. The van der Waals surface area contributed by atoms with Crippen molar-refractivity contribution in [2.45, 2.75) is 19.2 Å². The molecule has 0 amide bonds. The number of fused-ring (bicyclic) bond motifs is 1. The van der Waals surface area contributed by atoms with E-state index in [1.54, 1.807) is 0 Å². The van der Waals surface area contributed by atoms with Crippen molar-refractivity contribution in [3.63, 3.8) is 0 Å². The molecule has 0 spiro atoms. The van der Waals surface area contributed by atoms with Gasteiger partial charge in [-0.1, -0.05) is 33.6 Å². The second-order valence-corrected chi connectivity index (χ2v) is 4.56. The maximum Gasteiger partial charge on any atom is 0.0720 e. The molecule has 0 unspecified atom stereocenters. The Kier molecular flexibility index (Phi) is 2.98. The third-order valence-electron chi connectivity index (χ3n) is 2.61. The minimum Gasteiger partial charge on any atom is -0.253 e. The van der Waals surface area contributed by atoms with Gasteiger partial charge in [-0.3, -0.25) is 4.98 Å². The molecule has 1 aromatic carbocycles. The van der Waals surface area contributed by atoms with E-state index in [2.05, 4.69) is 33.0 Å². The van der Waals surface area contributed by atoms with Crippen molar-refractivity contribution in [3.05, 3.63) is 40.0 Å². The molecule has 2 aromatic rings. The van der Waals surface area contributed by atoms with Crippen molar-refractivity contribution < 1.29 is 0 Å². The number of benzene rings is 1. The first-order valence-corrected chi connectivity index (χ1v) is 6.24. The van der Waals surface area contributed by atoms with Crippen LogP contribution in [0.25, 0.3) is 10.9 Å². The minimum absolute atomic E-state index is 0.820. The van der Waals surface area contributed by atoms with Crippen LogP contribution in [-0.4, -0.2) is 4.98 Å². The molecule has 1 heterocycles. The lowest BCUT2D eigenvalue weighted by Gasteiger charge is -2.07. The summed E-state index contributed by atoms with van der Waals surface area (Å²) in [4.78, 5) is 4.51. The SMILES string of the molecule is Cc1nc2ccc(CBr)cc2c(Cl)c1C. The zero-order chi connectivity index (χ0) is 11.0. The number of alkyl halides is 1. The lowest BCUT2D eigenvalue weighted by Crippen LogP contribution is -1.91. The van der Waals surface area contributed by atoms with Crippen LogP contribution in [0.4, 0.5) is 0 Å². The number of halogens is 2. The normalized spacial score (nSPS) is 10.9. The van der Waals surface area contributed by atoms with E-state index in [0.717, 1.165) is 32.5 Å². The number of rotatable bonds is 1. The first-order chi connectivity index (χ1) is 7.13. The highest BCUT2D eigenvalue weighted by molar-refractivity contribution is 9.08. The Balaban J connectivity index is 2.81. The highest BCUT2D eigenvalue weighted by Crippen LogP contribution is 2.28. The highest BCUT2D eigenvalue weighted by atomic mass is 79.9. The molecule has 15 heavy (non-hydrogen) atoms. The number of aryl methyl sites for hydroxylation is 1. The summed E-state index contributed by atoms with van der Waals surface area (Å²) in [5.74, 6) is 0. The molecule has 0 aliphatic heterocycles. The fourth-order valence-electron chi connectivity index (χ4n) is 1.56. The predicted molar refractivity (Wildman–Crippen MR) is 68.9 cm³/mol. The van der Waals surface area contributed by atoms with Crippen LogP contribution in [-0.2, 0) is 5.33 Å². The van der Waals surface area contributed by atoms with Crippen LogP contribution in [0.1, 0.15) is 16.8 Å². The van der Waals surface area contributed by atoms with Crippen LogP contribution in [0.2, 0.25) is 5.02 Å². The molecule has 0 fully saturated rings. The van der Waals surface area contributed by atoms with E-state index in [4.69, 9.17) is 11.6 Å². The fourth-order valence-corrected chi connectivity index (χ4v) is 2.20. The molecule has 2 rings (SSSR count). The first kappa shape index (κ1) is 10.9. The van der Waals surface area contributed by atoms with Gasteiger partial charge in [0.05, 0.1) is 10.5 Å². The molecule has 1 nitrogen and oxygen atoms in total. The molecule has 78 valence electrons. The zero-order valence-electron chi connectivity index (χ0n) is 8.64. The van der Waals surface area contributed by atoms with Gasteiger partial charge in [0.1, 0.15) is 0 Å². The van der Waals surface area contributed by atoms with Crippen LogP contribution in [0.15, 0.2) is 18.2 Å². The van der Waals surface area contributed by atoms with Gasteiger partial charge in [-0.25, -0.2) is 0 Å². The van der Waals surface area contributed by atoms with Crippen molar-refractivity contribution in [1.82, 2.24) is 4.98 Å². The van der Waals surface area contributed by atoms with Gasteiger partial charge in [-0.05, 0) is 37.1 Å². The maximum atomic E-state index is 6.30. The molecule has 1 aromatic heterocycles. The van der Waals surface area contributed by atoms with Crippen molar-refractivity contribution >= 4 is 38.4 Å². The fraction of sp³-hybridized carbons (Fsp3) is 0.250. The van der Waals surface area contributed by atoms with Crippen molar-refractivity contribution in [3.8, 4) is 0 Å². The van der Waals surface area contributed by atoms with Gasteiger partial charge in [0.25, 0.3) is 0 Å². The summed E-state index contributed by atoms with van der Waals surface area (Å²) >= 11 is 9.74. The average molecular weight is 285 g/mol. The second-order valence-electron chi connectivity index (χ2n) is 3.62. The van der Waals surface area contributed by atoms with Gasteiger partial charge in [-0.2, -0.15) is 0 Å². The second kappa shape index (κ2) is 4.11. The van der Waals surface area contributed by atoms with Gasteiger partial charge in [0, 0.05) is 16.4 Å². The maximum absolute atomic E-state index is 6.30. The number of pyridine rings is 1. The van der Waals surface area contributed by atoms with Crippen LogP contribution in [0.3, 0.4) is 0 Å². The molecule has 3 heteroatoms. The van der Waals surface area contributed by atoms with Crippen LogP contribution >= 0.6 is 27.5 Å². The van der Waals surface area contributed by atoms with Crippen LogP contribution < -0.4 is 0 Å². The minimum atomic E-state index is 0.820. The van der Waals surface area contributed by atoms with Gasteiger partial charge >= 0.3 is 0 Å². The average Bonchev–Trinajstić information content (AvgIpc) is 2.26. The molecular formula is C12H11BrClN. The molecular weight excluding hydrogens is 273 g/mol. The standard InChI is InChI=1S/C12H11BrClN/c1-7-8(2)15-11-4-3-9(6-13)5-10(11)12(7)14/h3-5H,6H2,1-2H3. The van der Waals surface area contributed by atoms with Gasteiger partial charge in [0.15, 0.2) is 0 Å². The van der Waals surface area contributed by atoms with Crippen LogP contribution in [0.5, 0.6) is 0 Å². The van der Waals surface area contributed by atoms with E-state index in [1.165, 1.54) is 5.56 Å². The predicted octanol–water partition coefficient (Wildman–Crippen LogP) is 4.40. The Hall–Kier alpha value is -0.600. The largest absolute Gasteiger partial charge is 0.253 e. The molecule has 0 saturated heterocycles. The van der Waals surface area contributed by atoms with E-state index in [-0.39, 0.29) is 0 Å². The van der Waals surface area contributed by atoms with Gasteiger partial charge < -0.3 is 0 Å². The van der Waals surface area contributed by atoms with Gasteiger partial charge in [-0.15, -0.1) is 0 Å². The smallest absolute Gasteiger partial charge is 0.0720 e. The van der Waals surface area contributed by atoms with E-state index in [0.29, 0.717) is 0 Å². The van der Waals surface area contributed by atoms with Crippen molar-refractivity contribution in [1.29, 1.82) is 0 Å². The Morgan fingerprint density at radius 2 is 2.07 bits per heavy atom. The van der Waals surface area contributed by atoms with E-state index >= 15 is 0 Å². The van der Waals surface area contributed by atoms with E-state index in [9.17, 15) is 0 Å². The Morgan fingerprint density at radius 1 is 1.33 bits per heavy atom. The zero-order valence-corrected chi connectivity index (χ0v) is 11.0. The summed E-state index contributed by atoms with van der Waals surface area (Å²) in [6.07, 6.45) is 0. The summed E-state index contributed by atoms with van der Waals surface area (Å²) in [7, 11) is 0. The topological polar surface area (TPSA) is 12.9 Å². The number of hydrogen-bond acceptors (Lipinski definition) is 1. The third-order valence-corrected chi connectivity index (χ3v) is 3.75. The summed E-state index contributed by atoms with van der Waals surface area (Å²) in [5, 5.41) is 2.70. The molecule has 0 N–H and O–H groups in total. The summed E-state index contributed by atoms with van der Waals surface area (Å²) < 4.78 is 0. The molecule has 0 atom stereocenters. The van der Waals surface area contributed by atoms with E-state index < -0.39 is 0 Å². The Bertz CT molecular complexity index is 523. The highest BCUT2D eigenvalue weighted by Gasteiger charge is 2.07. The summed E-state index contributed by atoms with van der Waals surface area (Å²) in [5.41, 5.74) is 4.25. The Labute approximate surface area is 103 Å². The first-order valence-electron chi connectivity index (χ1n) is 4.75. The van der Waals surface area contributed by atoms with Crippen molar-refractivity contribution in [2.75, 3.05) is 0 Å². The lowest BCUT2D eigenvalue weighted by atomic mass is 10.1. The number of nitrogens with zero attached hydrogens (tertiary/aromatic N) is 1. The molecule has 0 aliphatic carbocycles. The lowest BCUT2D eigenvalue weighted by molar-refractivity contribution is 1.19. The molecule has 0 radical (unpaired) electrons. The molecule has 0 bridgehead atoms. The van der Waals surface area contributed by atoms with Gasteiger partial charge in [0.2, 0.25) is 0 Å². The molecule has 0 aliphatic rings. The third kappa shape index (κ3) is 1.88. The summed E-state index contributed by atoms with van der Waals surface area (Å²) in [6, 6.07) is 6.17. The van der Waals surface area contributed by atoms with Crippen molar-refractivity contribution in [2.24, 2.45) is 0 Å². The quantitative estimate of drug-likeness (QED) is 0.707. The monoisotopic (exact) mass is 283 g/mol. The summed E-state index contributed by atoms with van der Waals surface area (Å²) in [6.45, 7) is 3.99.